The first-order chi connectivity index (χ1) is 14.3. The van der Waals surface area contributed by atoms with E-state index >= 15 is 0 Å². The van der Waals surface area contributed by atoms with Crippen molar-refractivity contribution in [3.8, 4) is 11.5 Å². The number of hydrogen-bond donors (Lipinski definition) is 0. The van der Waals surface area contributed by atoms with E-state index in [9.17, 15) is 13.2 Å². The number of piperazine rings is 1. The minimum Gasteiger partial charge on any atom is -0.493 e. The molecule has 2 heterocycles. The molecule has 0 bridgehead atoms. The maximum atomic E-state index is 13.1. The summed E-state index contributed by atoms with van der Waals surface area (Å²) in [5.41, 5.74) is 2.78. The fraction of sp³-hybridized carbons (Fsp3) is 0.409. The van der Waals surface area contributed by atoms with Crippen molar-refractivity contribution in [3.63, 3.8) is 0 Å². The summed E-state index contributed by atoms with van der Waals surface area (Å²) in [4.78, 5) is 16.8. The van der Waals surface area contributed by atoms with Crippen LogP contribution in [-0.2, 0) is 21.2 Å². The number of carbonyl (C=O) groups excluding carboxylic acids is 1. The predicted molar refractivity (Wildman–Crippen MR) is 115 cm³/mol. The first-order valence-electron chi connectivity index (χ1n) is 9.85. The number of ether oxygens (including phenoxy) is 2. The van der Waals surface area contributed by atoms with E-state index < -0.39 is 9.84 Å². The highest BCUT2D eigenvalue weighted by atomic mass is 32.2. The van der Waals surface area contributed by atoms with Gasteiger partial charge in [0.05, 0.1) is 38.3 Å². The summed E-state index contributed by atoms with van der Waals surface area (Å²) in [5, 5.41) is 0. The summed E-state index contributed by atoms with van der Waals surface area (Å²) in [6.07, 6.45) is 0. The minimum atomic E-state index is -3.23. The molecule has 8 heteroatoms. The molecule has 2 atom stereocenters. The number of methoxy groups -OCH3 is 2. The molecule has 0 N–H and O–H groups in total. The second-order valence-electron chi connectivity index (χ2n) is 7.91. The molecule has 0 spiro atoms. The molecular weight excluding hydrogens is 404 g/mol. The number of sulfone groups is 1. The first kappa shape index (κ1) is 20.7. The zero-order chi connectivity index (χ0) is 21.5. The van der Waals surface area contributed by atoms with Crippen molar-refractivity contribution in [2.45, 2.75) is 25.6 Å². The van der Waals surface area contributed by atoms with Gasteiger partial charge in [-0.25, -0.2) is 8.42 Å². The number of fused-ring (bicyclic) bond motifs is 1. The Balaban J connectivity index is 1.64. The molecule has 2 unspecified atom stereocenters. The normalized spacial score (nSPS) is 23.3. The van der Waals surface area contributed by atoms with Crippen LogP contribution in [0.3, 0.4) is 0 Å². The third-order valence-electron chi connectivity index (χ3n) is 5.85. The number of hydrogen-bond acceptors (Lipinski definition) is 6. The number of aryl methyl sites for hydroxylation is 1. The average molecular weight is 431 g/mol. The molecule has 0 saturated carbocycles. The van der Waals surface area contributed by atoms with Gasteiger partial charge < -0.3 is 14.4 Å². The maximum Gasteiger partial charge on any atom is 0.241 e. The molecule has 160 valence electrons. The second-order valence-corrected chi connectivity index (χ2v) is 10.1. The number of amides is 1. The second kappa shape index (κ2) is 7.92. The maximum absolute atomic E-state index is 13.1. The lowest BCUT2D eigenvalue weighted by molar-refractivity contribution is -0.123. The van der Waals surface area contributed by atoms with E-state index in [1.54, 1.807) is 19.1 Å². The highest BCUT2D eigenvalue weighted by Gasteiger charge is 2.49. The van der Waals surface area contributed by atoms with Crippen LogP contribution < -0.4 is 14.4 Å². The topological polar surface area (TPSA) is 76.2 Å². The van der Waals surface area contributed by atoms with Gasteiger partial charge in [0.1, 0.15) is 0 Å². The summed E-state index contributed by atoms with van der Waals surface area (Å²) in [6, 6.07) is 12.6. The fourth-order valence-corrected chi connectivity index (χ4v) is 6.37. The lowest BCUT2D eigenvalue weighted by atomic mass is 10.0. The lowest BCUT2D eigenvalue weighted by Crippen LogP contribution is -2.61. The summed E-state index contributed by atoms with van der Waals surface area (Å²) in [6.45, 7) is 2.61. The molecule has 7 nitrogen and oxygen atoms in total. The van der Waals surface area contributed by atoms with Crippen LogP contribution in [0.25, 0.3) is 0 Å². The molecule has 0 radical (unpaired) electrons. The minimum absolute atomic E-state index is 0.0142. The Kier molecular flexibility index (Phi) is 5.46. The van der Waals surface area contributed by atoms with Gasteiger partial charge in [-0.05, 0) is 36.8 Å². The van der Waals surface area contributed by atoms with Crippen LogP contribution in [0.4, 0.5) is 5.69 Å². The van der Waals surface area contributed by atoms with Crippen molar-refractivity contribution in [1.82, 2.24) is 4.90 Å². The molecule has 2 aliphatic rings. The molecule has 0 aromatic heterocycles. The Morgan fingerprint density at radius 2 is 1.63 bits per heavy atom. The molecule has 2 fully saturated rings. The first-order valence-corrected chi connectivity index (χ1v) is 11.7. The van der Waals surface area contributed by atoms with Crippen LogP contribution in [0.5, 0.6) is 11.5 Å². The van der Waals surface area contributed by atoms with E-state index in [0.717, 1.165) is 16.8 Å². The standard InChI is InChI=1S/C22H26N2O5S/c1-15-4-7-17(8-5-15)24-19-14-30(26,27)13-18(19)23(12-22(24)25)11-16-6-9-20(28-2)21(10-16)29-3/h4-10,18-19H,11-14H2,1-3H3. The SMILES string of the molecule is COc1ccc(CN2CC(=O)N(c3ccc(C)cc3)C3CS(=O)(=O)CC32)cc1OC. The van der Waals surface area contributed by atoms with Gasteiger partial charge in [-0.3, -0.25) is 9.69 Å². The molecule has 2 aromatic rings. The molecule has 2 saturated heterocycles. The predicted octanol–water partition coefficient (Wildman–Crippen LogP) is 2.03. The number of nitrogens with zero attached hydrogens (tertiary/aromatic N) is 2. The van der Waals surface area contributed by atoms with E-state index in [4.69, 9.17) is 9.47 Å². The van der Waals surface area contributed by atoms with Crippen molar-refractivity contribution in [1.29, 1.82) is 0 Å². The van der Waals surface area contributed by atoms with Gasteiger partial charge in [0.2, 0.25) is 5.91 Å². The Bertz CT molecular complexity index is 1050. The zero-order valence-electron chi connectivity index (χ0n) is 17.4. The summed E-state index contributed by atoms with van der Waals surface area (Å²) < 4.78 is 35.7. The third-order valence-corrected chi connectivity index (χ3v) is 7.55. The molecule has 2 aliphatic heterocycles. The molecule has 0 aliphatic carbocycles. The molecule has 2 aromatic carbocycles. The van der Waals surface area contributed by atoms with E-state index in [0.29, 0.717) is 18.0 Å². The van der Waals surface area contributed by atoms with Crippen molar-refractivity contribution in [2.24, 2.45) is 0 Å². The van der Waals surface area contributed by atoms with Gasteiger partial charge in [0.25, 0.3) is 0 Å². The van der Waals surface area contributed by atoms with Gasteiger partial charge >= 0.3 is 0 Å². The average Bonchev–Trinajstić information content (AvgIpc) is 3.04. The molecule has 30 heavy (non-hydrogen) atoms. The van der Waals surface area contributed by atoms with Crippen LogP contribution in [0.15, 0.2) is 42.5 Å². The molecular formula is C22H26N2O5S. The summed E-state index contributed by atoms with van der Waals surface area (Å²) in [5.74, 6) is 1.19. The summed E-state index contributed by atoms with van der Waals surface area (Å²) >= 11 is 0. The Hall–Kier alpha value is -2.58. The van der Waals surface area contributed by atoms with E-state index in [-0.39, 0.29) is 36.0 Å². The van der Waals surface area contributed by atoms with Crippen molar-refractivity contribution >= 4 is 21.4 Å². The van der Waals surface area contributed by atoms with Gasteiger partial charge in [-0.15, -0.1) is 0 Å². The third kappa shape index (κ3) is 3.89. The van der Waals surface area contributed by atoms with E-state index in [1.165, 1.54) is 0 Å². The quantitative estimate of drug-likeness (QED) is 0.723. The van der Waals surface area contributed by atoms with Crippen molar-refractivity contribution in [2.75, 3.05) is 37.2 Å². The Labute approximate surface area is 177 Å². The number of rotatable bonds is 5. The summed E-state index contributed by atoms with van der Waals surface area (Å²) in [7, 11) is -0.0780. The Morgan fingerprint density at radius 3 is 2.30 bits per heavy atom. The highest BCUT2D eigenvalue weighted by molar-refractivity contribution is 7.91. The van der Waals surface area contributed by atoms with Gasteiger partial charge in [0, 0.05) is 18.3 Å². The van der Waals surface area contributed by atoms with Crippen LogP contribution in [0.1, 0.15) is 11.1 Å². The van der Waals surface area contributed by atoms with Crippen LogP contribution in [-0.4, -0.2) is 63.6 Å². The zero-order valence-corrected chi connectivity index (χ0v) is 18.2. The van der Waals surface area contributed by atoms with Crippen LogP contribution in [0, 0.1) is 6.92 Å². The fourth-order valence-electron chi connectivity index (χ4n) is 4.39. The number of carbonyl (C=O) groups is 1. The van der Waals surface area contributed by atoms with Crippen LogP contribution >= 0.6 is 0 Å². The highest BCUT2D eigenvalue weighted by Crippen LogP contribution is 2.34. The smallest absolute Gasteiger partial charge is 0.241 e. The molecule has 1 amide bonds. The van der Waals surface area contributed by atoms with Gasteiger partial charge in [-0.1, -0.05) is 23.8 Å². The largest absolute Gasteiger partial charge is 0.493 e. The van der Waals surface area contributed by atoms with Crippen LogP contribution in [0.2, 0.25) is 0 Å². The van der Waals surface area contributed by atoms with E-state index in [2.05, 4.69) is 0 Å². The Morgan fingerprint density at radius 1 is 0.967 bits per heavy atom. The van der Waals surface area contributed by atoms with E-state index in [1.807, 2.05) is 54.3 Å². The van der Waals surface area contributed by atoms with Gasteiger partial charge in [-0.2, -0.15) is 0 Å². The number of anilines is 1. The monoisotopic (exact) mass is 430 g/mol. The number of benzene rings is 2. The van der Waals surface area contributed by atoms with Crippen molar-refractivity contribution in [3.05, 3.63) is 53.6 Å². The molecule has 4 rings (SSSR count). The lowest BCUT2D eigenvalue weighted by Gasteiger charge is -2.43. The van der Waals surface area contributed by atoms with Gasteiger partial charge in [0.15, 0.2) is 21.3 Å². The van der Waals surface area contributed by atoms with Crippen molar-refractivity contribution < 1.29 is 22.7 Å².